The third-order valence-electron chi connectivity index (χ3n) is 2.81. The average molecular weight is 363 g/mol. The molecule has 0 fully saturated rings. The molecule has 0 aliphatic heterocycles. The number of methoxy groups -OCH3 is 1. The lowest BCUT2D eigenvalue weighted by Gasteiger charge is -2.11. The molecule has 0 unspecified atom stereocenters. The standard InChI is InChI=1S/C13H11F2NO5S2/c1-21-11-7-6-9(8-10(11)14)16-23(19,20)13-5-3-2-4-12(13)22(15,17)18/h2-8,16H,1H3. The van der Waals surface area contributed by atoms with Crippen molar-refractivity contribution in [2.45, 2.75) is 9.79 Å². The van der Waals surface area contributed by atoms with E-state index >= 15 is 0 Å². The fraction of sp³-hybridized carbons (Fsp3) is 0.0769. The predicted octanol–water partition coefficient (Wildman–Crippen LogP) is 2.29. The van der Waals surface area contributed by atoms with Crippen LogP contribution in [-0.2, 0) is 20.2 Å². The van der Waals surface area contributed by atoms with E-state index in [9.17, 15) is 25.1 Å². The minimum absolute atomic E-state index is 0.0975. The molecule has 0 saturated carbocycles. The summed E-state index contributed by atoms with van der Waals surface area (Å²) in [6, 6.07) is 7.41. The van der Waals surface area contributed by atoms with Crippen LogP contribution in [0.15, 0.2) is 52.3 Å². The van der Waals surface area contributed by atoms with Crippen molar-refractivity contribution in [3.05, 3.63) is 48.3 Å². The Labute approximate surface area is 132 Å². The van der Waals surface area contributed by atoms with E-state index in [4.69, 9.17) is 4.74 Å². The zero-order valence-electron chi connectivity index (χ0n) is 11.7. The minimum atomic E-state index is -5.24. The molecule has 2 aromatic rings. The lowest BCUT2D eigenvalue weighted by atomic mass is 10.3. The van der Waals surface area contributed by atoms with Gasteiger partial charge in [0.1, 0.15) is 9.79 Å². The maximum atomic E-state index is 13.6. The lowest BCUT2D eigenvalue weighted by Crippen LogP contribution is -2.16. The normalized spacial score (nSPS) is 12.0. The molecule has 6 nitrogen and oxygen atoms in total. The molecule has 2 rings (SSSR count). The van der Waals surface area contributed by atoms with Crippen molar-refractivity contribution >= 4 is 25.9 Å². The molecule has 0 atom stereocenters. The van der Waals surface area contributed by atoms with E-state index in [1.54, 1.807) is 0 Å². The van der Waals surface area contributed by atoms with Gasteiger partial charge in [-0.2, -0.15) is 8.42 Å². The van der Waals surface area contributed by atoms with Crippen LogP contribution < -0.4 is 9.46 Å². The summed E-state index contributed by atoms with van der Waals surface area (Å²) in [6.45, 7) is 0. The van der Waals surface area contributed by atoms with Crippen molar-refractivity contribution in [2.24, 2.45) is 0 Å². The molecule has 0 aromatic heterocycles. The molecule has 0 amide bonds. The Balaban J connectivity index is 2.47. The number of sulfonamides is 1. The minimum Gasteiger partial charge on any atom is -0.494 e. The van der Waals surface area contributed by atoms with Gasteiger partial charge in [0, 0.05) is 6.07 Å². The van der Waals surface area contributed by atoms with Gasteiger partial charge in [-0.05, 0) is 24.3 Å². The zero-order chi connectivity index (χ0) is 17.3. The van der Waals surface area contributed by atoms with Gasteiger partial charge < -0.3 is 4.74 Å². The highest BCUT2D eigenvalue weighted by Gasteiger charge is 2.26. The van der Waals surface area contributed by atoms with Crippen LogP contribution in [0, 0.1) is 5.82 Å². The number of ether oxygens (including phenoxy) is 1. The second kappa shape index (κ2) is 6.13. The third kappa shape index (κ3) is 3.77. The number of benzene rings is 2. The number of hydrogen-bond donors (Lipinski definition) is 1. The largest absolute Gasteiger partial charge is 0.494 e. The third-order valence-corrected chi connectivity index (χ3v) is 5.26. The highest BCUT2D eigenvalue weighted by atomic mass is 32.3. The Morgan fingerprint density at radius 3 is 2.13 bits per heavy atom. The molecular weight excluding hydrogens is 352 g/mol. The van der Waals surface area contributed by atoms with Gasteiger partial charge in [-0.25, -0.2) is 12.8 Å². The monoisotopic (exact) mass is 363 g/mol. The number of nitrogens with one attached hydrogen (secondary N) is 1. The van der Waals surface area contributed by atoms with Crippen molar-refractivity contribution in [3.63, 3.8) is 0 Å². The van der Waals surface area contributed by atoms with E-state index in [0.717, 1.165) is 18.2 Å². The van der Waals surface area contributed by atoms with Gasteiger partial charge >= 0.3 is 10.2 Å². The first-order valence-corrected chi connectivity index (χ1v) is 8.92. The fourth-order valence-electron chi connectivity index (χ4n) is 1.81. The van der Waals surface area contributed by atoms with Crippen LogP contribution in [0.5, 0.6) is 5.75 Å². The van der Waals surface area contributed by atoms with Gasteiger partial charge in [0.25, 0.3) is 10.0 Å². The number of hydrogen-bond acceptors (Lipinski definition) is 5. The Bertz CT molecular complexity index is 943. The molecule has 1 N–H and O–H groups in total. The smallest absolute Gasteiger partial charge is 0.333 e. The molecular formula is C13H11F2NO5S2. The van der Waals surface area contributed by atoms with E-state index in [1.165, 1.54) is 31.4 Å². The van der Waals surface area contributed by atoms with Gasteiger partial charge in [0.2, 0.25) is 0 Å². The zero-order valence-corrected chi connectivity index (χ0v) is 13.3. The number of rotatable bonds is 5. The van der Waals surface area contributed by atoms with Crippen LogP contribution >= 0.6 is 0 Å². The van der Waals surface area contributed by atoms with Crippen LogP contribution in [0.1, 0.15) is 0 Å². The molecule has 124 valence electrons. The van der Waals surface area contributed by atoms with Crippen molar-refractivity contribution in [1.82, 2.24) is 0 Å². The number of halogens is 2. The van der Waals surface area contributed by atoms with Gasteiger partial charge in [0.05, 0.1) is 12.8 Å². The second-order valence-electron chi connectivity index (χ2n) is 4.34. The molecule has 0 aliphatic carbocycles. The summed E-state index contributed by atoms with van der Waals surface area (Å²) in [5.41, 5.74) is -0.172. The quantitative estimate of drug-likeness (QED) is 0.824. The summed E-state index contributed by atoms with van der Waals surface area (Å²) in [7, 11) is -8.44. The molecule has 0 aliphatic rings. The van der Waals surface area contributed by atoms with Gasteiger partial charge in [0.15, 0.2) is 11.6 Å². The number of anilines is 1. The second-order valence-corrected chi connectivity index (χ2v) is 7.31. The van der Waals surface area contributed by atoms with Crippen molar-refractivity contribution in [1.29, 1.82) is 0 Å². The van der Waals surface area contributed by atoms with Gasteiger partial charge in [-0.15, -0.1) is 3.89 Å². The summed E-state index contributed by atoms with van der Waals surface area (Å²) in [6.07, 6.45) is 0. The van der Waals surface area contributed by atoms with E-state index in [2.05, 4.69) is 0 Å². The first-order chi connectivity index (χ1) is 10.6. The summed E-state index contributed by atoms with van der Waals surface area (Å²) in [5, 5.41) is 0. The Kier molecular flexibility index (Phi) is 4.57. The molecule has 0 saturated heterocycles. The van der Waals surface area contributed by atoms with Crippen LogP contribution in [0.2, 0.25) is 0 Å². The lowest BCUT2D eigenvalue weighted by molar-refractivity contribution is 0.386. The first-order valence-electron chi connectivity index (χ1n) is 6.05. The molecule has 0 radical (unpaired) electrons. The Hall–Kier alpha value is -2.20. The van der Waals surface area contributed by atoms with Gasteiger partial charge in [-0.3, -0.25) is 4.72 Å². The summed E-state index contributed by atoms with van der Waals surface area (Å²) in [5.74, 6) is -0.918. The highest BCUT2D eigenvalue weighted by Crippen LogP contribution is 2.26. The van der Waals surface area contributed by atoms with E-state index in [1.807, 2.05) is 4.72 Å². The molecule has 23 heavy (non-hydrogen) atoms. The van der Waals surface area contributed by atoms with Crippen molar-refractivity contribution in [2.75, 3.05) is 11.8 Å². The van der Waals surface area contributed by atoms with E-state index < -0.39 is 35.9 Å². The molecule has 0 bridgehead atoms. The van der Waals surface area contributed by atoms with Crippen LogP contribution in [0.25, 0.3) is 0 Å². The molecule has 0 spiro atoms. The van der Waals surface area contributed by atoms with Crippen molar-refractivity contribution < 1.29 is 29.8 Å². The molecule has 10 heteroatoms. The molecule has 0 heterocycles. The summed E-state index contributed by atoms with van der Waals surface area (Å²) in [4.78, 5) is -1.78. The summed E-state index contributed by atoms with van der Waals surface area (Å²) < 4.78 is 80.1. The molecule has 2 aromatic carbocycles. The highest BCUT2D eigenvalue weighted by molar-refractivity contribution is 7.94. The van der Waals surface area contributed by atoms with Gasteiger partial charge in [-0.1, -0.05) is 12.1 Å². The maximum absolute atomic E-state index is 13.6. The van der Waals surface area contributed by atoms with E-state index in [-0.39, 0.29) is 11.4 Å². The SMILES string of the molecule is COc1ccc(NS(=O)(=O)c2ccccc2S(=O)(=O)F)cc1F. The first kappa shape index (κ1) is 17.2. The fourth-order valence-corrected chi connectivity index (χ4v) is 4.13. The predicted molar refractivity (Wildman–Crippen MR) is 78.5 cm³/mol. The van der Waals surface area contributed by atoms with Crippen molar-refractivity contribution in [3.8, 4) is 5.75 Å². The van der Waals surface area contributed by atoms with Crippen LogP contribution in [0.3, 0.4) is 0 Å². The Morgan fingerprint density at radius 1 is 1.00 bits per heavy atom. The van der Waals surface area contributed by atoms with Crippen LogP contribution in [-0.4, -0.2) is 23.9 Å². The topological polar surface area (TPSA) is 89.5 Å². The summed E-state index contributed by atoms with van der Waals surface area (Å²) >= 11 is 0. The Morgan fingerprint density at radius 2 is 1.61 bits per heavy atom. The van der Waals surface area contributed by atoms with E-state index in [0.29, 0.717) is 0 Å². The average Bonchev–Trinajstić information content (AvgIpc) is 2.46. The maximum Gasteiger partial charge on any atom is 0.333 e. The van der Waals surface area contributed by atoms with Crippen LogP contribution in [0.4, 0.5) is 14.0 Å².